The predicted octanol–water partition coefficient (Wildman–Crippen LogP) is 4.60. The van der Waals surface area contributed by atoms with Gasteiger partial charge >= 0.3 is 0 Å². The first kappa shape index (κ1) is 20.6. The van der Waals surface area contributed by atoms with Crippen molar-refractivity contribution in [1.29, 1.82) is 0 Å². The normalized spacial score (nSPS) is 24.4. The topological polar surface area (TPSA) is 46.0 Å². The van der Waals surface area contributed by atoms with E-state index >= 15 is 0 Å². The van der Waals surface area contributed by atoms with Crippen LogP contribution in [0.15, 0.2) is 72.9 Å². The zero-order chi connectivity index (χ0) is 22.2. The molecule has 1 unspecified atom stereocenters. The molecule has 0 radical (unpaired) electrons. The average molecular weight is 438 g/mol. The van der Waals surface area contributed by atoms with Crippen molar-refractivity contribution in [3.05, 3.63) is 84.3 Å². The SMILES string of the molecule is Cn1nc(-c2ccc3ccccc3c2)cc1[C@H]1CN2CC[C@H]1C[C@@H]2CNCc1ccccn1. The molecule has 7 rings (SSSR count). The van der Waals surface area contributed by atoms with Gasteiger partial charge in [0, 0.05) is 56.1 Å². The van der Waals surface area contributed by atoms with Gasteiger partial charge in [-0.25, -0.2) is 0 Å². The van der Waals surface area contributed by atoms with Gasteiger partial charge in [-0.15, -0.1) is 0 Å². The van der Waals surface area contributed by atoms with Crippen molar-refractivity contribution in [2.24, 2.45) is 13.0 Å². The fourth-order valence-electron chi connectivity index (χ4n) is 5.87. The molecule has 3 aliphatic heterocycles. The van der Waals surface area contributed by atoms with Crippen LogP contribution in [-0.4, -0.2) is 45.3 Å². The number of aryl methyl sites for hydroxylation is 1. The lowest BCUT2D eigenvalue weighted by atomic mass is 9.74. The van der Waals surface area contributed by atoms with Crippen molar-refractivity contribution in [3.8, 4) is 11.3 Å². The molecule has 0 amide bonds. The van der Waals surface area contributed by atoms with Crippen molar-refractivity contribution in [2.75, 3.05) is 19.6 Å². The molecule has 5 heterocycles. The fraction of sp³-hybridized carbons (Fsp3) is 0.357. The average Bonchev–Trinajstić information content (AvgIpc) is 3.26. The molecule has 4 aromatic rings. The first-order valence-corrected chi connectivity index (χ1v) is 12.1. The second-order valence-electron chi connectivity index (χ2n) is 9.63. The zero-order valence-corrected chi connectivity index (χ0v) is 19.2. The molecule has 4 atom stereocenters. The number of benzene rings is 2. The molecule has 0 aliphatic carbocycles. The standard InChI is InChI=1S/C28H31N5/c1-32-28(16-27(31-32)23-10-9-20-6-2-3-7-21(20)14-23)26-19-33-13-11-22(26)15-25(33)18-29-17-24-8-4-5-12-30-24/h2-10,12,14,16,22,25-26,29H,11,13,15,17-19H2,1H3/t22-,25+,26-/m0/s1. The maximum absolute atomic E-state index is 4.93. The van der Waals surface area contributed by atoms with E-state index in [1.54, 1.807) is 0 Å². The Morgan fingerprint density at radius 1 is 1.00 bits per heavy atom. The van der Waals surface area contributed by atoms with E-state index in [-0.39, 0.29) is 0 Å². The summed E-state index contributed by atoms with van der Waals surface area (Å²) in [5.74, 6) is 1.30. The third kappa shape index (κ3) is 4.07. The summed E-state index contributed by atoms with van der Waals surface area (Å²) in [4.78, 5) is 7.12. The Hall–Kier alpha value is -3.02. The number of piperidine rings is 3. The van der Waals surface area contributed by atoms with E-state index in [0.29, 0.717) is 12.0 Å². The lowest BCUT2D eigenvalue weighted by Crippen LogP contribution is -2.55. The molecule has 2 aromatic heterocycles. The van der Waals surface area contributed by atoms with E-state index in [1.807, 2.05) is 12.3 Å². The maximum Gasteiger partial charge on any atom is 0.0926 e. The second-order valence-corrected chi connectivity index (χ2v) is 9.63. The molecule has 2 bridgehead atoms. The molecule has 168 valence electrons. The molecule has 3 aliphatic rings. The highest BCUT2D eigenvalue weighted by atomic mass is 15.3. The molecular weight excluding hydrogens is 406 g/mol. The Morgan fingerprint density at radius 2 is 1.88 bits per heavy atom. The molecule has 0 spiro atoms. The number of hydrogen-bond donors (Lipinski definition) is 1. The van der Waals surface area contributed by atoms with Gasteiger partial charge < -0.3 is 5.32 Å². The molecule has 5 nitrogen and oxygen atoms in total. The molecule has 3 saturated heterocycles. The minimum atomic E-state index is 0.567. The highest BCUT2D eigenvalue weighted by molar-refractivity contribution is 5.86. The number of rotatable bonds is 6. The third-order valence-corrected chi connectivity index (χ3v) is 7.63. The van der Waals surface area contributed by atoms with E-state index in [9.17, 15) is 0 Å². The van der Waals surface area contributed by atoms with Gasteiger partial charge in [0.2, 0.25) is 0 Å². The molecule has 33 heavy (non-hydrogen) atoms. The Balaban J connectivity index is 1.15. The summed E-state index contributed by atoms with van der Waals surface area (Å²) in [5.41, 5.74) is 4.78. The lowest BCUT2D eigenvalue weighted by molar-refractivity contribution is 0.0281. The van der Waals surface area contributed by atoms with Crippen molar-refractivity contribution in [3.63, 3.8) is 0 Å². The predicted molar refractivity (Wildman–Crippen MR) is 133 cm³/mol. The van der Waals surface area contributed by atoms with Gasteiger partial charge in [0.05, 0.1) is 11.4 Å². The Morgan fingerprint density at radius 3 is 2.70 bits per heavy atom. The number of hydrogen-bond acceptors (Lipinski definition) is 4. The van der Waals surface area contributed by atoms with Crippen LogP contribution in [0.3, 0.4) is 0 Å². The minimum Gasteiger partial charge on any atom is -0.310 e. The number of fused-ring (bicyclic) bond motifs is 4. The van der Waals surface area contributed by atoms with Crippen LogP contribution in [0.5, 0.6) is 0 Å². The molecule has 0 saturated carbocycles. The van der Waals surface area contributed by atoms with Crippen LogP contribution in [0.1, 0.15) is 30.1 Å². The minimum absolute atomic E-state index is 0.567. The fourth-order valence-corrected chi connectivity index (χ4v) is 5.87. The summed E-state index contributed by atoms with van der Waals surface area (Å²) in [5, 5.41) is 11.1. The summed E-state index contributed by atoms with van der Waals surface area (Å²) in [6.07, 6.45) is 4.42. The van der Waals surface area contributed by atoms with Gasteiger partial charge in [0.1, 0.15) is 0 Å². The first-order chi connectivity index (χ1) is 16.2. The lowest BCUT2D eigenvalue weighted by Gasteiger charge is -2.50. The number of nitrogens with zero attached hydrogens (tertiary/aromatic N) is 4. The molecular formula is C28H31N5. The summed E-state index contributed by atoms with van der Waals surface area (Å²) in [6, 6.07) is 24.3. The summed E-state index contributed by atoms with van der Waals surface area (Å²) < 4.78 is 2.13. The van der Waals surface area contributed by atoms with Crippen LogP contribution in [0, 0.1) is 5.92 Å². The van der Waals surface area contributed by atoms with Crippen LogP contribution in [0.2, 0.25) is 0 Å². The van der Waals surface area contributed by atoms with Gasteiger partial charge in [-0.05, 0) is 60.3 Å². The number of pyridine rings is 1. The highest BCUT2D eigenvalue weighted by Gasteiger charge is 2.41. The van der Waals surface area contributed by atoms with Crippen LogP contribution >= 0.6 is 0 Å². The summed E-state index contributed by atoms with van der Waals surface area (Å²) in [7, 11) is 2.11. The van der Waals surface area contributed by atoms with Gasteiger partial charge in [-0.2, -0.15) is 5.10 Å². The second kappa shape index (κ2) is 8.73. The number of nitrogens with one attached hydrogen (secondary N) is 1. The highest BCUT2D eigenvalue weighted by Crippen LogP contribution is 2.42. The van der Waals surface area contributed by atoms with E-state index in [4.69, 9.17) is 5.10 Å². The monoisotopic (exact) mass is 437 g/mol. The Bertz CT molecular complexity index is 1250. The van der Waals surface area contributed by atoms with Crippen molar-refractivity contribution in [1.82, 2.24) is 25.0 Å². The molecule has 2 aromatic carbocycles. The van der Waals surface area contributed by atoms with E-state index in [2.05, 4.69) is 87.6 Å². The first-order valence-electron chi connectivity index (χ1n) is 12.1. The van der Waals surface area contributed by atoms with E-state index < -0.39 is 0 Å². The maximum atomic E-state index is 4.93. The Kier molecular flexibility index (Phi) is 5.44. The van der Waals surface area contributed by atoms with E-state index in [1.165, 1.54) is 41.4 Å². The van der Waals surface area contributed by atoms with Crippen molar-refractivity contribution in [2.45, 2.75) is 31.3 Å². The largest absolute Gasteiger partial charge is 0.310 e. The Labute approximate surface area is 195 Å². The van der Waals surface area contributed by atoms with Gasteiger partial charge in [0.25, 0.3) is 0 Å². The smallest absolute Gasteiger partial charge is 0.0926 e. The van der Waals surface area contributed by atoms with Gasteiger partial charge in [-0.1, -0.05) is 42.5 Å². The molecule has 1 N–H and O–H groups in total. The third-order valence-electron chi connectivity index (χ3n) is 7.63. The number of aromatic nitrogens is 3. The molecule has 5 heteroatoms. The van der Waals surface area contributed by atoms with Crippen LogP contribution in [0.25, 0.3) is 22.0 Å². The van der Waals surface area contributed by atoms with Crippen LogP contribution in [0.4, 0.5) is 0 Å². The summed E-state index contributed by atoms with van der Waals surface area (Å²) >= 11 is 0. The summed E-state index contributed by atoms with van der Waals surface area (Å²) in [6.45, 7) is 4.23. The van der Waals surface area contributed by atoms with Gasteiger partial charge in [0.15, 0.2) is 0 Å². The zero-order valence-electron chi connectivity index (χ0n) is 19.2. The van der Waals surface area contributed by atoms with Crippen molar-refractivity contribution < 1.29 is 0 Å². The van der Waals surface area contributed by atoms with Crippen molar-refractivity contribution >= 4 is 10.8 Å². The quantitative estimate of drug-likeness (QED) is 0.479. The van der Waals surface area contributed by atoms with Crippen LogP contribution < -0.4 is 5.32 Å². The van der Waals surface area contributed by atoms with E-state index in [0.717, 1.165) is 36.9 Å². The van der Waals surface area contributed by atoms with Gasteiger partial charge in [-0.3, -0.25) is 14.6 Å². The van der Waals surface area contributed by atoms with Crippen LogP contribution in [-0.2, 0) is 13.6 Å². The molecule has 3 fully saturated rings.